The molecule has 1 aromatic carbocycles. The van der Waals surface area contributed by atoms with E-state index in [1.165, 1.54) is 11.3 Å². The molecule has 3 heterocycles. The van der Waals surface area contributed by atoms with Crippen molar-refractivity contribution in [2.45, 2.75) is 18.9 Å². The monoisotopic (exact) mass is 345 g/mol. The number of hydrogen-bond acceptors (Lipinski definition) is 6. The Morgan fingerprint density at radius 1 is 1.17 bits per heavy atom. The molecule has 0 N–H and O–H groups in total. The zero-order valence-corrected chi connectivity index (χ0v) is 13.5. The van der Waals surface area contributed by atoms with E-state index in [9.17, 15) is 0 Å². The minimum absolute atomic E-state index is 0.331. The molecule has 3 aromatic rings. The summed E-state index contributed by atoms with van der Waals surface area (Å²) in [5.74, 6) is 1.10. The van der Waals surface area contributed by atoms with E-state index in [1.54, 1.807) is 0 Å². The summed E-state index contributed by atoms with van der Waals surface area (Å²) in [5, 5.41) is 8.13. The van der Waals surface area contributed by atoms with Gasteiger partial charge in [0.25, 0.3) is 5.89 Å². The number of nitrogens with zero attached hydrogens (tertiary/aromatic N) is 3. The second kappa shape index (κ2) is 6.14. The molecule has 23 heavy (non-hydrogen) atoms. The van der Waals surface area contributed by atoms with Gasteiger partial charge in [-0.05, 0) is 17.7 Å². The van der Waals surface area contributed by atoms with Crippen molar-refractivity contribution in [3.63, 3.8) is 0 Å². The van der Waals surface area contributed by atoms with Crippen molar-refractivity contribution < 1.29 is 9.36 Å². The third-order valence-corrected chi connectivity index (χ3v) is 4.77. The summed E-state index contributed by atoms with van der Waals surface area (Å²) in [7, 11) is 0. The van der Waals surface area contributed by atoms with E-state index in [0.717, 1.165) is 20.5 Å². The Labute approximate surface area is 141 Å². The van der Waals surface area contributed by atoms with Gasteiger partial charge in [-0.3, -0.25) is 0 Å². The van der Waals surface area contributed by atoms with Crippen molar-refractivity contribution in [1.82, 2.24) is 10.1 Å². The van der Waals surface area contributed by atoms with E-state index in [-0.39, 0.29) is 6.10 Å². The summed E-state index contributed by atoms with van der Waals surface area (Å²) in [5.41, 5.74) is 1.99. The van der Waals surface area contributed by atoms with Crippen LogP contribution in [0.15, 0.2) is 52.1 Å². The average Bonchev–Trinajstić information content (AvgIpc) is 3.28. The molecule has 4 rings (SSSR count). The van der Waals surface area contributed by atoms with E-state index >= 15 is 0 Å². The summed E-state index contributed by atoms with van der Waals surface area (Å²) in [6, 6.07) is 13.8. The number of benzene rings is 1. The number of aromatic nitrogens is 2. The number of halogens is 1. The minimum atomic E-state index is -0.331. The molecule has 0 amide bonds. The average molecular weight is 346 g/mol. The van der Waals surface area contributed by atoms with Gasteiger partial charge in [0.1, 0.15) is 5.71 Å². The van der Waals surface area contributed by atoms with Crippen LogP contribution in [0.3, 0.4) is 0 Å². The molecule has 1 unspecified atom stereocenters. The van der Waals surface area contributed by atoms with Crippen LogP contribution in [-0.4, -0.2) is 15.9 Å². The lowest BCUT2D eigenvalue weighted by Gasteiger charge is -2.00. The molecule has 7 heteroatoms. The highest BCUT2D eigenvalue weighted by Crippen LogP contribution is 2.32. The Bertz CT molecular complexity index is 844. The molecular weight excluding hydrogens is 334 g/mol. The largest absolute Gasteiger partial charge is 0.382 e. The van der Waals surface area contributed by atoms with Gasteiger partial charge >= 0.3 is 0 Å². The molecule has 1 aliphatic rings. The van der Waals surface area contributed by atoms with Gasteiger partial charge in [-0.1, -0.05) is 52.2 Å². The van der Waals surface area contributed by atoms with Gasteiger partial charge < -0.3 is 9.36 Å². The summed E-state index contributed by atoms with van der Waals surface area (Å²) in [4.78, 5) is 10.9. The van der Waals surface area contributed by atoms with Gasteiger partial charge in [-0.2, -0.15) is 4.98 Å². The van der Waals surface area contributed by atoms with Crippen molar-refractivity contribution in [1.29, 1.82) is 0 Å². The summed E-state index contributed by atoms with van der Waals surface area (Å²) < 4.78 is 6.06. The highest BCUT2D eigenvalue weighted by atomic mass is 35.5. The van der Waals surface area contributed by atoms with E-state index in [4.69, 9.17) is 21.0 Å². The molecule has 0 aliphatic carbocycles. The van der Waals surface area contributed by atoms with Crippen LogP contribution in [0, 0.1) is 0 Å². The lowest BCUT2D eigenvalue weighted by atomic mass is 10.1. The molecule has 0 radical (unpaired) electrons. The second-order valence-electron chi connectivity index (χ2n) is 5.15. The first-order valence-corrected chi connectivity index (χ1v) is 8.32. The lowest BCUT2D eigenvalue weighted by Crippen LogP contribution is -2.01. The van der Waals surface area contributed by atoms with Crippen LogP contribution < -0.4 is 0 Å². The topological polar surface area (TPSA) is 60.5 Å². The maximum Gasteiger partial charge on any atom is 0.270 e. The van der Waals surface area contributed by atoms with Crippen LogP contribution in [0.5, 0.6) is 0 Å². The minimum Gasteiger partial charge on any atom is -0.382 e. The van der Waals surface area contributed by atoms with E-state index < -0.39 is 0 Å². The van der Waals surface area contributed by atoms with Gasteiger partial charge in [0.05, 0.1) is 9.21 Å². The quantitative estimate of drug-likeness (QED) is 0.709. The summed E-state index contributed by atoms with van der Waals surface area (Å²) >= 11 is 7.43. The fourth-order valence-corrected chi connectivity index (χ4v) is 3.41. The zero-order chi connectivity index (χ0) is 15.6. The van der Waals surface area contributed by atoms with Crippen LogP contribution in [0.1, 0.15) is 34.7 Å². The van der Waals surface area contributed by atoms with Crippen molar-refractivity contribution in [3.05, 3.63) is 69.0 Å². The number of thiophene rings is 1. The number of oxime groups is 1. The molecule has 0 spiro atoms. The smallest absolute Gasteiger partial charge is 0.270 e. The molecule has 0 saturated carbocycles. The first kappa shape index (κ1) is 14.4. The highest BCUT2D eigenvalue weighted by Gasteiger charge is 2.29. The fraction of sp³-hybridized carbons (Fsp3) is 0.188. The Kier molecular flexibility index (Phi) is 3.85. The maximum absolute atomic E-state index is 5.95. The van der Waals surface area contributed by atoms with Crippen LogP contribution in [0.25, 0.3) is 0 Å². The maximum atomic E-state index is 5.95. The van der Waals surface area contributed by atoms with Gasteiger partial charge in [0.15, 0.2) is 5.82 Å². The number of hydrogen-bond donors (Lipinski definition) is 0. The SMILES string of the molecule is Clc1ccc(C2=NOC(c3nc(Cc4ccccc4)no3)C2)s1. The first-order chi connectivity index (χ1) is 11.3. The lowest BCUT2D eigenvalue weighted by molar-refractivity contribution is 0.0599. The first-order valence-electron chi connectivity index (χ1n) is 7.13. The van der Waals surface area contributed by atoms with Crippen LogP contribution in [0.2, 0.25) is 4.34 Å². The summed E-state index contributed by atoms with van der Waals surface area (Å²) in [6.45, 7) is 0. The third kappa shape index (κ3) is 3.13. The van der Waals surface area contributed by atoms with Crippen LogP contribution >= 0.6 is 22.9 Å². The predicted octanol–water partition coefficient (Wildman–Crippen LogP) is 4.24. The van der Waals surface area contributed by atoms with Crippen molar-refractivity contribution in [3.8, 4) is 0 Å². The van der Waals surface area contributed by atoms with Gasteiger partial charge in [-0.15, -0.1) is 11.3 Å². The Hall–Kier alpha value is -2.18. The molecule has 5 nitrogen and oxygen atoms in total. The Balaban J connectivity index is 1.44. The molecule has 0 fully saturated rings. The molecule has 1 atom stereocenters. The van der Waals surface area contributed by atoms with Crippen molar-refractivity contribution in [2.24, 2.45) is 5.16 Å². The Morgan fingerprint density at radius 3 is 2.83 bits per heavy atom. The fourth-order valence-electron chi connectivity index (χ4n) is 2.37. The second-order valence-corrected chi connectivity index (χ2v) is 6.87. The zero-order valence-electron chi connectivity index (χ0n) is 12.0. The van der Waals surface area contributed by atoms with E-state index in [2.05, 4.69) is 15.3 Å². The molecule has 1 aliphatic heterocycles. The molecule has 0 saturated heterocycles. The molecular formula is C16H12ClN3O2S. The Morgan fingerprint density at radius 2 is 2.04 bits per heavy atom. The standard InChI is InChI=1S/C16H12ClN3O2S/c17-14-7-6-13(23-14)11-9-12(21-19-11)16-18-15(20-22-16)8-10-4-2-1-3-5-10/h1-7,12H,8-9H2. The van der Waals surface area contributed by atoms with Gasteiger partial charge in [0.2, 0.25) is 6.10 Å². The van der Waals surface area contributed by atoms with Crippen LogP contribution in [0.4, 0.5) is 0 Å². The van der Waals surface area contributed by atoms with E-state index in [1.807, 2.05) is 42.5 Å². The van der Waals surface area contributed by atoms with Gasteiger partial charge in [0, 0.05) is 12.8 Å². The van der Waals surface area contributed by atoms with E-state index in [0.29, 0.717) is 24.6 Å². The van der Waals surface area contributed by atoms with Crippen LogP contribution in [-0.2, 0) is 11.3 Å². The molecule has 2 aromatic heterocycles. The molecule has 116 valence electrons. The number of rotatable bonds is 4. The molecule has 0 bridgehead atoms. The van der Waals surface area contributed by atoms with Crippen molar-refractivity contribution >= 4 is 28.6 Å². The predicted molar refractivity (Wildman–Crippen MR) is 87.9 cm³/mol. The highest BCUT2D eigenvalue weighted by molar-refractivity contribution is 7.18. The summed E-state index contributed by atoms with van der Waals surface area (Å²) in [6.07, 6.45) is 0.901. The van der Waals surface area contributed by atoms with Crippen molar-refractivity contribution in [2.75, 3.05) is 0 Å². The van der Waals surface area contributed by atoms with Gasteiger partial charge in [-0.25, -0.2) is 0 Å². The normalized spacial score (nSPS) is 17.1. The third-order valence-electron chi connectivity index (χ3n) is 3.49.